The van der Waals surface area contributed by atoms with Crippen molar-refractivity contribution in [2.24, 2.45) is 0 Å². The normalized spacial score (nSPS) is 10.3. The number of rotatable bonds is 2. The van der Waals surface area contributed by atoms with E-state index in [-0.39, 0.29) is 16.9 Å². The Bertz CT molecular complexity index is 520. The van der Waals surface area contributed by atoms with E-state index < -0.39 is 0 Å². The van der Waals surface area contributed by atoms with Gasteiger partial charge in [-0.1, -0.05) is 11.6 Å². The molecule has 8 heteroatoms. The molecule has 0 spiro atoms. The van der Waals surface area contributed by atoms with Crippen molar-refractivity contribution in [2.45, 2.75) is 10.1 Å². The lowest BCUT2D eigenvalue weighted by Crippen LogP contribution is -1.98. The van der Waals surface area contributed by atoms with Gasteiger partial charge in [-0.25, -0.2) is 19.9 Å². The summed E-state index contributed by atoms with van der Waals surface area (Å²) in [6, 6.07) is 1.71. The average Bonchev–Trinajstić information content (AvgIpc) is 2.22. The second-order valence-electron chi connectivity index (χ2n) is 2.74. The molecule has 0 fully saturated rings. The summed E-state index contributed by atoms with van der Waals surface area (Å²) >= 11 is 6.89. The fourth-order valence-electron chi connectivity index (χ4n) is 0.961. The Morgan fingerprint density at radius 2 is 2.00 bits per heavy atom. The fraction of sp³-hybridized carbons (Fsp3) is 0. The van der Waals surface area contributed by atoms with Gasteiger partial charge in [-0.2, -0.15) is 0 Å². The number of halogens is 1. The number of hydrogen-bond acceptors (Lipinski definition) is 7. The maximum Gasteiger partial charge on any atom is 0.221 e. The highest BCUT2D eigenvalue weighted by molar-refractivity contribution is 7.99. The second-order valence-corrected chi connectivity index (χ2v) is 4.13. The fourth-order valence-corrected chi connectivity index (χ4v) is 1.82. The molecule has 0 unspecified atom stereocenters. The molecule has 0 aliphatic heterocycles. The Balaban J connectivity index is 2.27. The third-order valence-corrected chi connectivity index (χ3v) is 2.71. The smallest absolute Gasteiger partial charge is 0.221 e. The van der Waals surface area contributed by atoms with Gasteiger partial charge in [0.25, 0.3) is 0 Å². The minimum absolute atomic E-state index is 0.200. The van der Waals surface area contributed by atoms with Crippen LogP contribution in [0.1, 0.15) is 0 Å². The van der Waals surface area contributed by atoms with Crippen LogP contribution in [0.5, 0.6) is 0 Å². The first-order chi connectivity index (χ1) is 7.65. The minimum atomic E-state index is 0.200. The SMILES string of the molecule is Nc1nccc(Sc2ncc(Cl)nc2N)n1. The molecule has 2 aromatic heterocycles. The maximum atomic E-state index is 5.65. The summed E-state index contributed by atoms with van der Waals surface area (Å²) in [7, 11) is 0. The van der Waals surface area contributed by atoms with Crippen LogP contribution in [-0.4, -0.2) is 19.9 Å². The molecular formula is C8H7ClN6S. The molecule has 6 nitrogen and oxygen atoms in total. The van der Waals surface area contributed by atoms with Gasteiger partial charge in [0.1, 0.15) is 15.2 Å². The van der Waals surface area contributed by atoms with Crippen molar-refractivity contribution in [2.75, 3.05) is 11.5 Å². The predicted molar refractivity (Wildman–Crippen MR) is 62.0 cm³/mol. The van der Waals surface area contributed by atoms with E-state index in [9.17, 15) is 0 Å². The Labute approximate surface area is 100 Å². The molecule has 0 aliphatic rings. The number of aromatic nitrogens is 4. The molecule has 2 rings (SSSR count). The van der Waals surface area contributed by atoms with Crippen molar-refractivity contribution < 1.29 is 0 Å². The topological polar surface area (TPSA) is 104 Å². The van der Waals surface area contributed by atoms with Crippen LogP contribution < -0.4 is 11.5 Å². The number of nitrogen functional groups attached to an aromatic ring is 2. The Hall–Kier alpha value is -1.60. The standard InChI is InChI=1S/C8H7ClN6S/c9-4-3-13-7(6(10)14-4)16-5-1-2-12-8(11)15-5/h1-3H,(H2,10,14)(H2,11,12,15). The van der Waals surface area contributed by atoms with Crippen LogP contribution in [0.15, 0.2) is 28.5 Å². The average molecular weight is 255 g/mol. The third kappa shape index (κ3) is 2.50. The Morgan fingerprint density at radius 1 is 1.19 bits per heavy atom. The lowest BCUT2D eigenvalue weighted by Gasteiger charge is -2.02. The highest BCUT2D eigenvalue weighted by Gasteiger charge is 2.07. The van der Waals surface area contributed by atoms with Gasteiger partial charge in [-0.3, -0.25) is 0 Å². The molecule has 4 N–H and O–H groups in total. The van der Waals surface area contributed by atoms with Crippen LogP contribution in [0.3, 0.4) is 0 Å². The van der Waals surface area contributed by atoms with Crippen molar-refractivity contribution in [1.29, 1.82) is 0 Å². The molecule has 0 saturated carbocycles. The first kappa shape index (κ1) is 10.9. The van der Waals surface area contributed by atoms with E-state index in [1.54, 1.807) is 12.3 Å². The van der Waals surface area contributed by atoms with Gasteiger partial charge in [-0.05, 0) is 17.8 Å². The summed E-state index contributed by atoms with van der Waals surface area (Å²) in [5.74, 6) is 0.458. The largest absolute Gasteiger partial charge is 0.381 e. The van der Waals surface area contributed by atoms with Crippen LogP contribution in [0, 0.1) is 0 Å². The molecule has 0 radical (unpaired) electrons. The predicted octanol–water partition coefficient (Wildman–Crippen LogP) is 1.24. The zero-order valence-electron chi connectivity index (χ0n) is 7.96. The molecule has 0 aliphatic carbocycles. The summed E-state index contributed by atoms with van der Waals surface area (Å²) in [4.78, 5) is 15.7. The van der Waals surface area contributed by atoms with E-state index in [2.05, 4.69) is 19.9 Å². The first-order valence-corrected chi connectivity index (χ1v) is 5.39. The molecule has 0 atom stereocenters. The van der Waals surface area contributed by atoms with Crippen molar-refractivity contribution in [1.82, 2.24) is 19.9 Å². The van der Waals surface area contributed by atoms with Crippen molar-refractivity contribution in [3.63, 3.8) is 0 Å². The molecule has 82 valence electrons. The highest BCUT2D eigenvalue weighted by atomic mass is 35.5. The quantitative estimate of drug-likeness (QED) is 0.777. The number of anilines is 2. The van der Waals surface area contributed by atoms with Crippen molar-refractivity contribution >= 4 is 35.1 Å². The molecule has 0 aromatic carbocycles. The minimum Gasteiger partial charge on any atom is -0.381 e. The van der Waals surface area contributed by atoms with E-state index in [1.807, 2.05) is 0 Å². The van der Waals surface area contributed by atoms with Crippen molar-refractivity contribution in [3.05, 3.63) is 23.6 Å². The van der Waals surface area contributed by atoms with E-state index in [1.165, 1.54) is 18.0 Å². The number of nitrogens with two attached hydrogens (primary N) is 2. The number of hydrogen-bond donors (Lipinski definition) is 2. The lowest BCUT2D eigenvalue weighted by atomic mass is 10.7. The monoisotopic (exact) mass is 254 g/mol. The van der Waals surface area contributed by atoms with Crippen LogP contribution in [0.2, 0.25) is 5.15 Å². The second kappa shape index (κ2) is 4.50. The van der Waals surface area contributed by atoms with E-state index >= 15 is 0 Å². The molecule has 0 amide bonds. The van der Waals surface area contributed by atoms with Gasteiger partial charge >= 0.3 is 0 Å². The molecule has 2 aromatic rings. The Morgan fingerprint density at radius 3 is 2.69 bits per heavy atom. The maximum absolute atomic E-state index is 5.65. The van der Waals surface area contributed by atoms with Crippen LogP contribution in [0.4, 0.5) is 11.8 Å². The van der Waals surface area contributed by atoms with Crippen LogP contribution >= 0.6 is 23.4 Å². The zero-order valence-corrected chi connectivity index (χ0v) is 9.53. The highest BCUT2D eigenvalue weighted by Crippen LogP contribution is 2.28. The van der Waals surface area contributed by atoms with Gasteiger partial charge in [0.05, 0.1) is 6.20 Å². The van der Waals surface area contributed by atoms with Gasteiger partial charge in [0.2, 0.25) is 5.95 Å². The number of nitrogens with zero attached hydrogens (tertiary/aromatic N) is 4. The molecular weight excluding hydrogens is 248 g/mol. The summed E-state index contributed by atoms with van der Waals surface area (Å²) < 4.78 is 0. The van der Waals surface area contributed by atoms with Crippen LogP contribution in [-0.2, 0) is 0 Å². The first-order valence-electron chi connectivity index (χ1n) is 4.19. The van der Waals surface area contributed by atoms with Crippen LogP contribution in [0.25, 0.3) is 0 Å². The third-order valence-electron chi connectivity index (χ3n) is 1.58. The van der Waals surface area contributed by atoms with E-state index in [0.29, 0.717) is 10.1 Å². The summed E-state index contributed by atoms with van der Waals surface area (Å²) in [5.41, 5.74) is 11.1. The van der Waals surface area contributed by atoms with Gasteiger partial charge < -0.3 is 11.5 Å². The summed E-state index contributed by atoms with van der Waals surface area (Å²) in [6.07, 6.45) is 2.98. The molecule has 16 heavy (non-hydrogen) atoms. The summed E-state index contributed by atoms with van der Waals surface area (Å²) in [6.45, 7) is 0. The summed E-state index contributed by atoms with van der Waals surface area (Å²) in [5, 5.41) is 1.43. The zero-order chi connectivity index (χ0) is 11.5. The molecule has 2 heterocycles. The van der Waals surface area contributed by atoms with E-state index in [4.69, 9.17) is 23.1 Å². The molecule has 0 bridgehead atoms. The van der Waals surface area contributed by atoms with E-state index in [0.717, 1.165) is 0 Å². The van der Waals surface area contributed by atoms with Gasteiger partial charge in [-0.15, -0.1) is 0 Å². The lowest BCUT2D eigenvalue weighted by molar-refractivity contribution is 1.04. The molecule has 0 saturated heterocycles. The van der Waals surface area contributed by atoms with Gasteiger partial charge in [0, 0.05) is 6.20 Å². The Kier molecular flexibility index (Phi) is 3.07. The van der Waals surface area contributed by atoms with Crippen molar-refractivity contribution in [3.8, 4) is 0 Å². The van der Waals surface area contributed by atoms with Gasteiger partial charge in [0.15, 0.2) is 5.82 Å².